The number of nitrogens with zero attached hydrogens (tertiary/aromatic N) is 2. The largest absolute Gasteiger partial charge is 0.300 e. The molecular formula is C13H15Cl2N3OS2. The molecule has 0 saturated heterocycles. The van der Waals surface area contributed by atoms with Crippen molar-refractivity contribution in [1.82, 2.24) is 10.2 Å². The Bertz CT molecular complexity index is 582. The highest BCUT2D eigenvalue weighted by Crippen LogP contribution is 2.60. The fourth-order valence-corrected chi connectivity index (χ4v) is 4.04. The van der Waals surface area contributed by atoms with Crippen molar-refractivity contribution >= 4 is 57.3 Å². The van der Waals surface area contributed by atoms with Crippen LogP contribution in [0.1, 0.15) is 13.8 Å². The number of hydrogen-bond acceptors (Lipinski definition) is 5. The SMILES string of the molecule is C=CCSc1nnc(NC(=O)[C@@H]2[C@H](C=C(Cl)Cl)C2(C)C)s1. The van der Waals surface area contributed by atoms with Gasteiger partial charge < -0.3 is 5.32 Å². The number of hydrogen-bond donors (Lipinski definition) is 1. The summed E-state index contributed by atoms with van der Waals surface area (Å²) in [5.74, 6) is 0.578. The Labute approximate surface area is 142 Å². The summed E-state index contributed by atoms with van der Waals surface area (Å²) in [5.41, 5.74) is -0.149. The van der Waals surface area contributed by atoms with E-state index in [-0.39, 0.29) is 27.6 Å². The number of carbonyl (C=O) groups excluding carboxylic acids is 1. The fourth-order valence-electron chi connectivity index (χ4n) is 2.26. The van der Waals surface area contributed by atoms with Gasteiger partial charge in [-0.1, -0.05) is 66.2 Å². The van der Waals surface area contributed by atoms with Crippen LogP contribution in [0.15, 0.2) is 27.6 Å². The van der Waals surface area contributed by atoms with Gasteiger partial charge in [0, 0.05) is 5.75 Å². The van der Waals surface area contributed by atoms with Crippen molar-refractivity contribution in [3.05, 3.63) is 23.2 Å². The number of rotatable bonds is 6. The van der Waals surface area contributed by atoms with Gasteiger partial charge >= 0.3 is 0 Å². The summed E-state index contributed by atoms with van der Waals surface area (Å²) in [6, 6.07) is 0. The number of carbonyl (C=O) groups is 1. The number of allylic oxidation sites excluding steroid dienone is 1. The number of amides is 1. The maximum atomic E-state index is 12.3. The fraction of sp³-hybridized carbons (Fsp3) is 0.462. The minimum atomic E-state index is -0.154. The van der Waals surface area contributed by atoms with Gasteiger partial charge in [-0.3, -0.25) is 4.79 Å². The second-order valence-electron chi connectivity index (χ2n) is 5.24. The highest BCUT2D eigenvalue weighted by molar-refractivity contribution is 8.01. The van der Waals surface area contributed by atoms with Crippen molar-refractivity contribution in [3.63, 3.8) is 0 Å². The van der Waals surface area contributed by atoms with Crippen LogP contribution in [0.25, 0.3) is 0 Å². The second-order valence-corrected chi connectivity index (χ2v) is 8.50. The maximum Gasteiger partial charge on any atom is 0.230 e. The molecule has 1 aromatic heterocycles. The van der Waals surface area contributed by atoms with E-state index in [1.807, 2.05) is 13.8 Å². The zero-order valence-electron chi connectivity index (χ0n) is 11.6. The van der Waals surface area contributed by atoms with Crippen LogP contribution < -0.4 is 5.32 Å². The molecule has 0 aromatic carbocycles. The van der Waals surface area contributed by atoms with E-state index < -0.39 is 0 Å². The Hall–Kier alpha value is -0.560. The minimum Gasteiger partial charge on any atom is -0.300 e. The molecule has 1 amide bonds. The average molecular weight is 364 g/mol. The molecule has 21 heavy (non-hydrogen) atoms. The zero-order chi connectivity index (χ0) is 15.6. The number of nitrogens with one attached hydrogen (secondary N) is 1. The summed E-state index contributed by atoms with van der Waals surface area (Å²) < 4.78 is 1.00. The Morgan fingerprint density at radius 3 is 2.86 bits per heavy atom. The van der Waals surface area contributed by atoms with Gasteiger partial charge in [0.1, 0.15) is 4.49 Å². The molecule has 2 rings (SSSR count). The van der Waals surface area contributed by atoms with Gasteiger partial charge in [0.2, 0.25) is 11.0 Å². The predicted octanol–water partition coefficient (Wildman–Crippen LogP) is 4.35. The van der Waals surface area contributed by atoms with Crippen LogP contribution >= 0.6 is 46.3 Å². The molecule has 1 heterocycles. The minimum absolute atomic E-state index is 0.0463. The topological polar surface area (TPSA) is 54.9 Å². The Balaban J connectivity index is 1.97. The number of halogens is 2. The summed E-state index contributed by atoms with van der Waals surface area (Å²) in [6.07, 6.45) is 3.52. The van der Waals surface area contributed by atoms with Crippen LogP contribution in [0.4, 0.5) is 5.13 Å². The first kappa shape index (κ1) is 16.8. The molecular weight excluding hydrogens is 349 g/mol. The van der Waals surface area contributed by atoms with E-state index in [1.165, 1.54) is 23.1 Å². The zero-order valence-corrected chi connectivity index (χ0v) is 14.7. The van der Waals surface area contributed by atoms with Crippen LogP contribution in [0.3, 0.4) is 0 Å². The molecule has 0 radical (unpaired) electrons. The monoisotopic (exact) mass is 363 g/mol. The van der Waals surface area contributed by atoms with E-state index in [9.17, 15) is 4.79 Å². The molecule has 8 heteroatoms. The van der Waals surface area contributed by atoms with Crippen molar-refractivity contribution < 1.29 is 4.79 Å². The molecule has 114 valence electrons. The molecule has 4 nitrogen and oxygen atoms in total. The van der Waals surface area contributed by atoms with E-state index in [0.717, 1.165) is 10.1 Å². The van der Waals surface area contributed by atoms with Crippen LogP contribution in [0.5, 0.6) is 0 Å². The third-order valence-electron chi connectivity index (χ3n) is 3.46. The van der Waals surface area contributed by atoms with Crippen molar-refractivity contribution in [1.29, 1.82) is 0 Å². The van der Waals surface area contributed by atoms with E-state index in [0.29, 0.717) is 5.13 Å². The smallest absolute Gasteiger partial charge is 0.230 e. The van der Waals surface area contributed by atoms with Gasteiger partial charge in [0.15, 0.2) is 4.34 Å². The standard InChI is InChI=1S/C13H15Cl2N3OS2/c1-4-5-20-12-18-17-11(21-12)16-10(19)9-7(6-8(14)15)13(9,2)3/h4,6-7,9H,1,5H2,2-3H3,(H,16,17,19)/t7-,9-/m0/s1. The second kappa shape index (κ2) is 6.69. The molecule has 0 bridgehead atoms. The average Bonchev–Trinajstić information content (AvgIpc) is 2.73. The number of aromatic nitrogens is 2. The summed E-state index contributed by atoms with van der Waals surface area (Å²) >= 11 is 14.3. The molecule has 1 aliphatic carbocycles. The predicted molar refractivity (Wildman–Crippen MR) is 90.0 cm³/mol. The highest BCUT2D eigenvalue weighted by Gasteiger charge is 2.60. The molecule has 0 spiro atoms. The maximum absolute atomic E-state index is 12.3. The van der Waals surface area contributed by atoms with Crippen LogP contribution in [-0.4, -0.2) is 21.9 Å². The summed E-state index contributed by atoms with van der Waals surface area (Å²) in [7, 11) is 0. The first-order valence-corrected chi connectivity index (χ1v) is 8.83. The van der Waals surface area contributed by atoms with Crippen LogP contribution in [0, 0.1) is 17.3 Å². The van der Waals surface area contributed by atoms with E-state index in [1.54, 1.807) is 12.2 Å². The van der Waals surface area contributed by atoms with Gasteiger partial charge in [-0.2, -0.15) is 0 Å². The lowest BCUT2D eigenvalue weighted by Gasteiger charge is -2.01. The lowest BCUT2D eigenvalue weighted by Crippen LogP contribution is -2.16. The Morgan fingerprint density at radius 1 is 1.52 bits per heavy atom. The Morgan fingerprint density at radius 2 is 2.24 bits per heavy atom. The number of anilines is 1. The van der Waals surface area contributed by atoms with Gasteiger partial charge in [0.25, 0.3) is 0 Å². The Kier molecular flexibility index (Phi) is 5.35. The molecule has 1 N–H and O–H groups in total. The van der Waals surface area contributed by atoms with Gasteiger partial charge in [-0.15, -0.1) is 16.8 Å². The molecule has 0 aliphatic heterocycles. The van der Waals surface area contributed by atoms with E-state index in [4.69, 9.17) is 23.2 Å². The summed E-state index contributed by atoms with van der Waals surface area (Å²) in [4.78, 5) is 12.3. The highest BCUT2D eigenvalue weighted by atomic mass is 35.5. The molecule has 1 aromatic rings. The van der Waals surface area contributed by atoms with Gasteiger partial charge in [-0.05, 0) is 17.4 Å². The van der Waals surface area contributed by atoms with Crippen molar-refractivity contribution in [2.24, 2.45) is 17.3 Å². The first-order valence-electron chi connectivity index (χ1n) is 6.27. The normalized spacial score (nSPS) is 22.5. The molecule has 1 aliphatic rings. The molecule has 1 saturated carbocycles. The lowest BCUT2D eigenvalue weighted by molar-refractivity contribution is -0.118. The third-order valence-corrected chi connectivity index (χ3v) is 5.68. The van der Waals surface area contributed by atoms with Crippen LogP contribution in [0.2, 0.25) is 0 Å². The number of thioether (sulfide) groups is 1. The molecule has 2 atom stereocenters. The summed E-state index contributed by atoms with van der Waals surface area (Å²) in [6.45, 7) is 7.68. The lowest BCUT2D eigenvalue weighted by atomic mass is 10.1. The van der Waals surface area contributed by atoms with Crippen molar-refractivity contribution in [2.75, 3.05) is 11.1 Å². The van der Waals surface area contributed by atoms with Crippen molar-refractivity contribution in [3.8, 4) is 0 Å². The molecule has 1 fully saturated rings. The summed E-state index contributed by atoms with van der Waals surface area (Å²) in [5, 5.41) is 11.3. The van der Waals surface area contributed by atoms with Gasteiger partial charge in [0.05, 0.1) is 5.92 Å². The first-order chi connectivity index (χ1) is 9.86. The molecule has 0 unspecified atom stereocenters. The van der Waals surface area contributed by atoms with E-state index >= 15 is 0 Å². The van der Waals surface area contributed by atoms with Crippen LogP contribution in [-0.2, 0) is 4.79 Å². The van der Waals surface area contributed by atoms with E-state index in [2.05, 4.69) is 22.1 Å². The quantitative estimate of drug-likeness (QED) is 0.463. The third kappa shape index (κ3) is 4.00. The van der Waals surface area contributed by atoms with Crippen molar-refractivity contribution in [2.45, 2.75) is 18.2 Å². The van der Waals surface area contributed by atoms with Gasteiger partial charge in [-0.25, -0.2) is 0 Å².